The zero-order valence-corrected chi connectivity index (χ0v) is 14.8. The van der Waals surface area contributed by atoms with Crippen molar-refractivity contribution in [2.24, 2.45) is 0 Å². The lowest BCUT2D eigenvalue weighted by molar-refractivity contribution is -0.124. The number of aromatic nitrogens is 1. The third kappa shape index (κ3) is 3.16. The molecular formula is C16H23BN2O4. The summed E-state index contributed by atoms with van der Waals surface area (Å²) in [6.45, 7) is 12.4. The van der Waals surface area contributed by atoms with Crippen molar-refractivity contribution in [3.8, 4) is 0 Å². The zero-order chi connectivity index (χ0) is 17.6. The highest BCUT2D eigenvalue weighted by Gasteiger charge is 2.51. The van der Waals surface area contributed by atoms with Crippen molar-refractivity contribution in [3.63, 3.8) is 0 Å². The van der Waals surface area contributed by atoms with Gasteiger partial charge in [0.25, 0.3) is 0 Å². The third-order valence-electron chi connectivity index (χ3n) is 4.44. The van der Waals surface area contributed by atoms with Crippen LogP contribution >= 0.6 is 0 Å². The van der Waals surface area contributed by atoms with Crippen LogP contribution in [0.5, 0.6) is 0 Å². The minimum atomic E-state index is -0.525. The molecule has 0 saturated carbocycles. The quantitative estimate of drug-likeness (QED) is 0.775. The van der Waals surface area contributed by atoms with Gasteiger partial charge in [-0.05, 0) is 40.2 Å². The predicted molar refractivity (Wildman–Crippen MR) is 88.5 cm³/mol. The van der Waals surface area contributed by atoms with Gasteiger partial charge in [0.1, 0.15) is 5.82 Å². The van der Waals surface area contributed by atoms with Crippen LogP contribution in [0, 0.1) is 6.92 Å². The number of hydrogen-bond donors (Lipinski definition) is 0. The van der Waals surface area contributed by atoms with Crippen LogP contribution in [0.3, 0.4) is 0 Å². The Labute approximate surface area is 137 Å². The van der Waals surface area contributed by atoms with Crippen molar-refractivity contribution in [2.45, 2.75) is 59.7 Å². The van der Waals surface area contributed by atoms with E-state index in [0.717, 1.165) is 10.4 Å². The maximum absolute atomic E-state index is 11.7. The predicted octanol–water partition coefficient (Wildman–Crippen LogP) is 1.59. The fraction of sp³-hybridized carbons (Fsp3) is 0.562. The molecule has 0 aliphatic carbocycles. The summed E-state index contributed by atoms with van der Waals surface area (Å²) in [6.07, 6.45) is 1.59. The van der Waals surface area contributed by atoms with Crippen LogP contribution < -0.4 is 10.4 Å². The van der Waals surface area contributed by atoms with E-state index in [4.69, 9.17) is 9.31 Å². The van der Waals surface area contributed by atoms with Gasteiger partial charge in [-0.25, -0.2) is 9.88 Å². The average molecular weight is 318 g/mol. The van der Waals surface area contributed by atoms with Crippen molar-refractivity contribution < 1.29 is 18.9 Å². The lowest BCUT2D eigenvalue weighted by Gasteiger charge is -2.32. The maximum atomic E-state index is 11.7. The molecule has 0 atom stereocenters. The smallest absolute Gasteiger partial charge is 0.399 e. The number of rotatable bonds is 2. The van der Waals surface area contributed by atoms with Gasteiger partial charge < -0.3 is 9.31 Å². The van der Waals surface area contributed by atoms with Gasteiger partial charge in [0.05, 0.1) is 11.2 Å². The summed E-state index contributed by atoms with van der Waals surface area (Å²) < 4.78 is 12.0. The van der Waals surface area contributed by atoms with Gasteiger partial charge in [-0.1, -0.05) is 6.07 Å². The summed E-state index contributed by atoms with van der Waals surface area (Å²) in [6, 6.07) is 1.84. The van der Waals surface area contributed by atoms with E-state index in [9.17, 15) is 9.59 Å². The third-order valence-corrected chi connectivity index (χ3v) is 4.44. The van der Waals surface area contributed by atoms with E-state index in [1.165, 1.54) is 13.8 Å². The van der Waals surface area contributed by atoms with Crippen LogP contribution in [0.25, 0.3) is 0 Å². The first-order valence-electron chi connectivity index (χ1n) is 7.60. The molecule has 0 aromatic carbocycles. The van der Waals surface area contributed by atoms with Crippen molar-refractivity contribution >= 4 is 30.2 Å². The van der Waals surface area contributed by atoms with Crippen molar-refractivity contribution in [3.05, 3.63) is 17.8 Å². The van der Waals surface area contributed by atoms with Gasteiger partial charge in [0, 0.05) is 25.5 Å². The fourth-order valence-corrected chi connectivity index (χ4v) is 2.45. The molecule has 0 spiro atoms. The highest BCUT2D eigenvalue weighted by molar-refractivity contribution is 6.62. The van der Waals surface area contributed by atoms with Crippen LogP contribution in [0.2, 0.25) is 0 Å². The standard InChI is InChI=1S/C16H23BN2O4/c1-10-8-13(17-22-15(4,5)16(6,7)23-17)9-18-14(10)19(11(2)20)12(3)21/h8-9H,1-7H3. The summed E-state index contributed by atoms with van der Waals surface area (Å²) >= 11 is 0. The fourth-order valence-electron chi connectivity index (χ4n) is 2.45. The summed E-state index contributed by atoms with van der Waals surface area (Å²) in [5, 5.41) is 0. The van der Waals surface area contributed by atoms with Gasteiger partial charge in [-0.3, -0.25) is 9.59 Å². The molecule has 2 rings (SSSR count). The van der Waals surface area contributed by atoms with E-state index in [0.29, 0.717) is 11.4 Å². The molecule has 23 heavy (non-hydrogen) atoms. The van der Waals surface area contributed by atoms with Gasteiger partial charge in [-0.2, -0.15) is 0 Å². The second kappa shape index (κ2) is 5.72. The second-order valence-electron chi connectivity index (χ2n) is 6.87. The first-order valence-corrected chi connectivity index (χ1v) is 7.60. The first-order chi connectivity index (χ1) is 10.5. The molecule has 1 aromatic heterocycles. The second-order valence-corrected chi connectivity index (χ2v) is 6.87. The normalized spacial score (nSPS) is 18.8. The number of carbonyl (C=O) groups is 2. The van der Waals surface area contributed by atoms with E-state index in [2.05, 4.69) is 4.98 Å². The number of anilines is 1. The van der Waals surface area contributed by atoms with Crippen molar-refractivity contribution in [2.75, 3.05) is 4.90 Å². The Bertz CT molecular complexity index is 627. The lowest BCUT2D eigenvalue weighted by atomic mass is 9.79. The number of nitrogens with zero attached hydrogens (tertiary/aromatic N) is 2. The minimum absolute atomic E-state index is 0.338. The number of aryl methyl sites for hydroxylation is 1. The maximum Gasteiger partial charge on any atom is 0.496 e. The number of pyridine rings is 1. The number of carbonyl (C=O) groups excluding carboxylic acids is 2. The molecule has 1 fully saturated rings. The molecule has 1 aliphatic heterocycles. The Morgan fingerprint density at radius 3 is 1.96 bits per heavy atom. The SMILES string of the molecule is CC(=O)N(C(C)=O)c1ncc(B2OC(C)(C)C(C)(C)O2)cc1C. The molecular weight excluding hydrogens is 295 g/mol. The first kappa shape index (κ1) is 17.6. The molecule has 0 N–H and O–H groups in total. The molecule has 6 nitrogen and oxygen atoms in total. The molecule has 2 heterocycles. The lowest BCUT2D eigenvalue weighted by Crippen LogP contribution is -2.41. The summed E-state index contributed by atoms with van der Waals surface area (Å²) in [7, 11) is -0.525. The van der Waals surface area contributed by atoms with E-state index in [1.54, 1.807) is 13.1 Å². The Morgan fingerprint density at radius 2 is 1.57 bits per heavy atom. The van der Waals surface area contributed by atoms with Crippen LogP contribution in [0.4, 0.5) is 5.82 Å². The molecule has 2 amide bonds. The molecule has 0 bridgehead atoms. The molecule has 0 radical (unpaired) electrons. The van der Waals surface area contributed by atoms with E-state index < -0.39 is 18.3 Å². The van der Waals surface area contributed by atoms with E-state index in [1.807, 2.05) is 33.8 Å². The van der Waals surface area contributed by atoms with Crippen LogP contribution in [0.15, 0.2) is 12.3 Å². The summed E-state index contributed by atoms with van der Waals surface area (Å²) in [4.78, 5) is 28.7. The molecule has 7 heteroatoms. The van der Waals surface area contributed by atoms with Gasteiger partial charge >= 0.3 is 7.12 Å². The Hall–Kier alpha value is -1.73. The molecule has 124 valence electrons. The van der Waals surface area contributed by atoms with Crippen molar-refractivity contribution in [1.82, 2.24) is 4.98 Å². The highest BCUT2D eigenvalue weighted by atomic mass is 16.7. The molecule has 1 saturated heterocycles. The zero-order valence-electron chi connectivity index (χ0n) is 14.8. The highest BCUT2D eigenvalue weighted by Crippen LogP contribution is 2.36. The van der Waals surface area contributed by atoms with Gasteiger partial charge in [0.15, 0.2) is 0 Å². The largest absolute Gasteiger partial charge is 0.496 e. The molecule has 1 aliphatic rings. The van der Waals surface area contributed by atoms with E-state index >= 15 is 0 Å². The Morgan fingerprint density at radius 1 is 1.09 bits per heavy atom. The minimum Gasteiger partial charge on any atom is -0.399 e. The van der Waals surface area contributed by atoms with Gasteiger partial charge in [-0.15, -0.1) is 0 Å². The van der Waals surface area contributed by atoms with Gasteiger partial charge in [0.2, 0.25) is 11.8 Å². The van der Waals surface area contributed by atoms with Crippen LogP contribution in [0.1, 0.15) is 47.1 Å². The van der Waals surface area contributed by atoms with Crippen LogP contribution in [-0.4, -0.2) is 35.1 Å². The molecule has 0 unspecified atom stereocenters. The Kier molecular flexibility index (Phi) is 4.39. The average Bonchev–Trinajstić information content (AvgIpc) is 2.60. The monoisotopic (exact) mass is 318 g/mol. The summed E-state index contributed by atoms with van der Waals surface area (Å²) in [5.41, 5.74) is 0.601. The Balaban J connectivity index is 2.34. The number of amides is 2. The molecule has 1 aromatic rings. The number of hydrogen-bond acceptors (Lipinski definition) is 5. The van der Waals surface area contributed by atoms with Crippen LogP contribution in [-0.2, 0) is 18.9 Å². The summed E-state index contributed by atoms with van der Waals surface area (Å²) in [5.74, 6) is -0.391. The topological polar surface area (TPSA) is 68.7 Å². The van der Waals surface area contributed by atoms with E-state index in [-0.39, 0.29) is 11.8 Å². The van der Waals surface area contributed by atoms with Crippen molar-refractivity contribution in [1.29, 1.82) is 0 Å². The number of imide groups is 1.